The van der Waals surface area contributed by atoms with Crippen LogP contribution in [0.3, 0.4) is 0 Å². The van der Waals surface area contributed by atoms with Crippen LogP contribution in [0.2, 0.25) is 0 Å². The number of imidazole rings is 1. The molecule has 0 saturated heterocycles. The van der Waals surface area contributed by atoms with Gasteiger partial charge in [0.2, 0.25) is 0 Å². The first-order valence-corrected chi connectivity index (χ1v) is 7.01. The van der Waals surface area contributed by atoms with Gasteiger partial charge in [-0.25, -0.2) is 4.98 Å². The van der Waals surface area contributed by atoms with Crippen LogP contribution in [0.1, 0.15) is 17.0 Å². The number of aromatic nitrogens is 2. The van der Waals surface area contributed by atoms with Gasteiger partial charge in [-0.1, -0.05) is 36.4 Å². The summed E-state index contributed by atoms with van der Waals surface area (Å²) in [5.74, 6) is 1.06. The van der Waals surface area contributed by atoms with Gasteiger partial charge in [-0.15, -0.1) is 0 Å². The molecule has 3 nitrogen and oxygen atoms in total. The summed E-state index contributed by atoms with van der Waals surface area (Å²) in [7, 11) is 1.96. The number of aromatic amines is 1. The third-order valence-electron chi connectivity index (χ3n) is 3.47. The molecule has 0 radical (unpaired) electrons. The molecule has 102 valence electrons. The largest absolute Gasteiger partial charge is 0.342 e. The average Bonchev–Trinajstić information content (AvgIpc) is 2.89. The number of hydrogen-bond donors (Lipinski definition) is 2. The lowest BCUT2D eigenvalue weighted by molar-refractivity contribution is 0.819. The number of benzene rings is 2. The van der Waals surface area contributed by atoms with E-state index < -0.39 is 0 Å². The summed E-state index contributed by atoms with van der Waals surface area (Å²) < 4.78 is 0. The van der Waals surface area contributed by atoms with Crippen LogP contribution < -0.4 is 5.32 Å². The van der Waals surface area contributed by atoms with Crippen LogP contribution >= 0.6 is 0 Å². The van der Waals surface area contributed by atoms with Gasteiger partial charge >= 0.3 is 0 Å². The van der Waals surface area contributed by atoms with E-state index in [-0.39, 0.29) is 0 Å². The molecule has 0 unspecified atom stereocenters. The Labute approximate surface area is 119 Å². The van der Waals surface area contributed by atoms with E-state index in [2.05, 4.69) is 57.7 Å². The number of H-pyrrole nitrogens is 1. The molecule has 1 aromatic heterocycles. The van der Waals surface area contributed by atoms with E-state index in [4.69, 9.17) is 0 Å². The smallest absolute Gasteiger partial charge is 0.107 e. The molecule has 3 rings (SSSR count). The van der Waals surface area contributed by atoms with Gasteiger partial charge in [-0.05, 0) is 36.7 Å². The van der Waals surface area contributed by atoms with Crippen LogP contribution in [0.15, 0.2) is 48.5 Å². The number of fused-ring (bicyclic) bond motifs is 1. The molecule has 0 aliphatic heterocycles. The standard InChI is InChI=1S/C17H19N3/c1-18-12-14-7-9-15-16(11-14)20-17(19-15)10-8-13-5-3-2-4-6-13/h2-7,9,11,18H,8,10,12H2,1H3,(H,19,20). The number of aryl methyl sites for hydroxylation is 2. The van der Waals surface area contributed by atoms with E-state index in [1.54, 1.807) is 0 Å². The lowest BCUT2D eigenvalue weighted by Crippen LogP contribution is -2.04. The molecule has 3 aromatic rings. The molecule has 0 atom stereocenters. The summed E-state index contributed by atoms with van der Waals surface area (Å²) in [4.78, 5) is 8.08. The Hall–Kier alpha value is -2.13. The quantitative estimate of drug-likeness (QED) is 0.744. The molecular weight excluding hydrogens is 246 g/mol. The third kappa shape index (κ3) is 2.89. The topological polar surface area (TPSA) is 40.7 Å². The van der Waals surface area contributed by atoms with Crippen molar-refractivity contribution in [3.8, 4) is 0 Å². The highest BCUT2D eigenvalue weighted by atomic mass is 14.9. The maximum Gasteiger partial charge on any atom is 0.107 e. The second kappa shape index (κ2) is 5.88. The highest BCUT2D eigenvalue weighted by molar-refractivity contribution is 5.75. The fourth-order valence-electron chi connectivity index (χ4n) is 2.45. The van der Waals surface area contributed by atoms with Crippen LogP contribution in [0.5, 0.6) is 0 Å². The van der Waals surface area contributed by atoms with Gasteiger partial charge in [0.25, 0.3) is 0 Å². The van der Waals surface area contributed by atoms with E-state index in [0.717, 1.165) is 36.2 Å². The number of hydrogen-bond acceptors (Lipinski definition) is 2. The summed E-state index contributed by atoms with van der Waals surface area (Å²) in [5, 5.41) is 3.17. The second-order valence-electron chi connectivity index (χ2n) is 5.05. The fraction of sp³-hybridized carbons (Fsp3) is 0.235. The van der Waals surface area contributed by atoms with Gasteiger partial charge in [0.05, 0.1) is 11.0 Å². The molecule has 0 aliphatic carbocycles. The minimum Gasteiger partial charge on any atom is -0.342 e. The van der Waals surface area contributed by atoms with Crippen LogP contribution in [-0.4, -0.2) is 17.0 Å². The minimum atomic E-state index is 0.883. The van der Waals surface area contributed by atoms with Crippen molar-refractivity contribution in [1.29, 1.82) is 0 Å². The molecule has 2 N–H and O–H groups in total. The first kappa shape index (κ1) is 12.9. The number of rotatable bonds is 5. The Bertz CT molecular complexity index is 686. The van der Waals surface area contributed by atoms with E-state index in [1.807, 2.05) is 13.1 Å². The maximum atomic E-state index is 4.65. The first-order valence-electron chi connectivity index (χ1n) is 7.01. The Kier molecular flexibility index (Phi) is 3.79. The SMILES string of the molecule is CNCc1ccc2nc(CCc3ccccc3)[nH]c2c1. The van der Waals surface area contributed by atoms with Crippen molar-refractivity contribution in [2.24, 2.45) is 0 Å². The van der Waals surface area contributed by atoms with Crippen LogP contribution in [-0.2, 0) is 19.4 Å². The molecule has 0 aliphatic rings. The highest BCUT2D eigenvalue weighted by Gasteiger charge is 2.04. The molecule has 0 spiro atoms. The van der Waals surface area contributed by atoms with Gasteiger partial charge in [0, 0.05) is 13.0 Å². The van der Waals surface area contributed by atoms with Crippen molar-refractivity contribution in [2.75, 3.05) is 7.05 Å². The third-order valence-corrected chi connectivity index (χ3v) is 3.47. The average molecular weight is 265 g/mol. The normalized spacial score (nSPS) is 11.1. The van der Waals surface area contributed by atoms with Crippen molar-refractivity contribution >= 4 is 11.0 Å². The molecule has 0 saturated carbocycles. The summed E-state index contributed by atoms with van der Waals surface area (Å²) in [6.07, 6.45) is 1.96. The van der Waals surface area contributed by atoms with Gasteiger partial charge in [-0.3, -0.25) is 0 Å². The van der Waals surface area contributed by atoms with Crippen LogP contribution in [0.25, 0.3) is 11.0 Å². The number of nitrogens with zero attached hydrogens (tertiary/aromatic N) is 1. The summed E-state index contributed by atoms with van der Waals surface area (Å²) in [6, 6.07) is 16.9. The van der Waals surface area contributed by atoms with Crippen molar-refractivity contribution in [2.45, 2.75) is 19.4 Å². The van der Waals surface area contributed by atoms with Gasteiger partial charge < -0.3 is 10.3 Å². The molecule has 2 aromatic carbocycles. The Morgan fingerprint density at radius 2 is 1.85 bits per heavy atom. The number of nitrogens with one attached hydrogen (secondary N) is 2. The fourth-order valence-corrected chi connectivity index (χ4v) is 2.45. The van der Waals surface area contributed by atoms with E-state index in [0.29, 0.717) is 0 Å². The monoisotopic (exact) mass is 265 g/mol. The van der Waals surface area contributed by atoms with Crippen molar-refractivity contribution in [3.05, 3.63) is 65.5 Å². The zero-order valence-corrected chi connectivity index (χ0v) is 11.7. The first-order chi connectivity index (χ1) is 9.85. The lowest BCUT2D eigenvalue weighted by atomic mass is 10.1. The van der Waals surface area contributed by atoms with Crippen molar-refractivity contribution in [1.82, 2.24) is 15.3 Å². The van der Waals surface area contributed by atoms with Crippen LogP contribution in [0, 0.1) is 0 Å². The molecule has 0 fully saturated rings. The Morgan fingerprint density at radius 3 is 2.65 bits per heavy atom. The van der Waals surface area contributed by atoms with Gasteiger partial charge in [0.15, 0.2) is 0 Å². The summed E-state index contributed by atoms with van der Waals surface area (Å²) in [6.45, 7) is 0.883. The molecular formula is C17H19N3. The molecule has 20 heavy (non-hydrogen) atoms. The lowest BCUT2D eigenvalue weighted by Gasteiger charge is -1.98. The predicted octanol–water partition coefficient (Wildman–Crippen LogP) is 3.07. The molecule has 0 bridgehead atoms. The van der Waals surface area contributed by atoms with Gasteiger partial charge in [-0.2, -0.15) is 0 Å². The molecule has 1 heterocycles. The highest BCUT2D eigenvalue weighted by Crippen LogP contribution is 2.15. The summed E-state index contributed by atoms with van der Waals surface area (Å²) >= 11 is 0. The summed E-state index contributed by atoms with van der Waals surface area (Å²) in [5.41, 5.74) is 4.80. The van der Waals surface area contributed by atoms with Crippen LogP contribution in [0.4, 0.5) is 0 Å². The second-order valence-corrected chi connectivity index (χ2v) is 5.05. The maximum absolute atomic E-state index is 4.65. The molecule has 0 amide bonds. The Balaban J connectivity index is 1.75. The minimum absolute atomic E-state index is 0.883. The van der Waals surface area contributed by atoms with Gasteiger partial charge in [0.1, 0.15) is 5.82 Å². The Morgan fingerprint density at radius 1 is 1.00 bits per heavy atom. The van der Waals surface area contributed by atoms with E-state index in [9.17, 15) is 0 Å². The van der Waals surface area contributed by atoms with E-state index >= 15 is 0 Å². The van der Waals surface area contributed by atoms with Crippen molar-refractivity contribution < 1.29 is 0 Å². The zero-order chi connectivity index (χ0) is 13.8. The van der Waals surface area contributed by atoms with E-state index in [1.165, 1.54) is 11.1 Å². The van der Waals surface area contributed by atoms with Crippen molar-refractivity contribution in [3.63, 3.8) is 0 Å². The predicted molar refractivity (Wildman–Crippen MR) is 82.7 cm³/mol. The molecule has 3 heteroatoms. The zero-order valence-electron chi connectivity index (χ0n) is 11.7.